The zero-order chi connectivity index (χ0) is 12.0. The quantitative estimate of drug-likeness (QED) is 0.457. The zero-order valence-electron chi connectivity index (χ0n) is 8.87. The van der Waals surface area contributed by atoms with Crippen molar-refractivity contribution in [3.05, 3.63) is 46.0 Å². The van der Waals surface area contributed by atoms with Gasteiger partial charge in [-0.2, -0.15) is 0 Å². The Kier molecular flexibility index (Phi) is 5.53. The summed E-state index contributed by atoms with van der Waals surface area (Å²) in [6, 6.07) is 4.78. The summed E-state index contributed by atoms with van der Waals surface area (Å²) >= 11 is 11.6. The van der Waals surface area contributed by atoms with Crippen LogP contribution in [0.15, 0.2) is 30.4 Å². The van der Waals surface area contributed by atoms with Gasteiger partial charge >= 0.3 is 0 Å². The highest BCUT2D eigenvalue weighted by Gasteiger charge is 2.07. The second-order valence-corrected chi connectivity index (χ2v) is 3.95. The predicted octanol–water partition coefficient (Wildman–Crippen LogP) is 3.77. The van der Waals surface area contributed by atoms with Crippen LogP contribution in [0.2, 0.25) is 10.0 Å². The molecule has 86 valence electrons. The molecule has 0 saturated carbocycles. The van der Waals surface area contributed by atoms with Crippen LogP contribution < -0.4 is 0 Å². The number of halogens is 2. The molecule has 2 nitrogen and oxygen atoms in total. The summed E-state index contributed by atoms with van der Waals surface area (Å²) in [5.74, 6) is -0.108. The second kappa shape index (κ2) is 6.69. The van der Waals surface area contributed by atoms with E-state index in [1.165, 1.54) is 0 Å². The van der Waals surface area contributed by atoms with Crippen molar-refractivity contribution in [2.24, 2.45) is 0 Å². The molecule has 1 aromatic carbocycles. The fourth-order valence-corrected chi connectivity index (χ4v) is 1.37. The molecule has 0 heterocycles. The highest BCUT2D eigenvalue weighted by Crippen LogP contribution is 2.22. The summed E-state index contributed by atoms with van der Waals surface area (Å²) in [7, 11) is 0. The first kappa shape index (κ1) is 13.2. The summed E-state index contributed by atoms with van der Waals surface area (Å²) in [4.78, 5) is 11.6. The number of hydrogen-bond acceptors (Lipinski definition) is 2. The Hall–Kier alpha value is -0.830. The maximum atomic E-state index is 11.6. The summed E-state index contributed by atoms with van der Waals surface area (Å²) in [6.07, 6.45) is 3.70. The van der Waals surface area contributed by atoms with Crippen molar-refractivity contribution < 1.29 is 9.53 Å². The lowest BCUT2D eigenvalue weighted by Gasteiger charge is -2.02. The van der Waals surface area contributed by atoms with Crippen LogP contribution >= 0.6 is 23.2 Å². The molecule has 0 aliphatic carbocycles. The Morgan fingerprint density at radius 3 is 2.75 bits per heavy atom. The van der Waals surface area contributed by atoms with E-state index in [0.717, 1.165) is 0 Å². The van der Waals surface area contributed by atoms with E-state index < -0.39 is 0 Å². The van der Waals surface area contributed by atoms with Gasteiger partial charge in [0.15, 0.2) is 5.78 Å². The van der Waals surface area contributed by atoms with Gasteiger partial charge in [-0.05, 0) is 25.1 Å². The number of carbonyl (C=O) groups is 1. The van der Waals surface area contributed by atoms with Crippen molar-refractivity contribution in [1.82, 2.24) is 0 Å². The molecule has 0 bridgehead atoms. The number of hydrogen-bond donors (Lipinski definition) is 0. The normalized spacial score (nSPS) is 10.9. The fourth-order valence-electron chi connectivity index (χ4n) is 1.07. The summed E-state index contributed by atoms with van der Waals surface area (Å²) < 4.78 is 5.15. The Morgan fingerprint density at radius 2 is 2.12 bits per heavy atom. The number of ether oxygens (including phenoxy) is 1. The molecule has 0 aromatic heterocycles. The standard InChI is InChI=1S/C12H12Cl2O2/c1-2-3-6-16-8-12(15)9-4-5-10(13)11(14)7-9/h2-5,7H,6,8H2,1H3. The maximum absolute atomic E-state index is 11.6. The largest absolute Gasteiger partial charge is 0.369 e. The first-order valence-corrected chi connectivity index (χ1v) is 5.58. The molecule has 0 atom stereocenters. The third-order valence-electron chi connectivity index (χ3n) is 1.92. The van der Waals surface area contributed by atoms with Crippen LogP contribution in [0.1, 0.15) is 17.3 Å². The van der Waals surface area contributed by atoms with Gasteiger partial charge in [-0.25, -0.2) is 0 Å². The monoisotopic (exact) mass is 258 g/mol. The number of carbonyl (C=O) groups excluding carboxylic acids is 1. The van der Waals surface area contributed by atoms with E-state index in [0.29, 0.717) is 22.2 Å². The predicted molar refractivity (Wildman–Crippen MR) is 66.4 cm³/mol. The van der Waals surface area contributed by atoms with E-state index in [4.69, 9.17) is 27.9 Å². The molecule has 0 saturated heterocycles. The maximum Gasteiger partial charge on any atom is 0.188 e. The van der Waals surface area contributed by atoms with Crippen molar-refractivity contribution in [2.45, 2.75) is 6.92 Å². The third-order valence-corrected chi connectivity index (χ3v) is 2.66. The lowest BCUT2D eigenvalue weighted by molar-refractivity contribution is 0.0806. The van der Waals surface area contributed by atoms with E-state index >= 15 is 0 Å². The minimum absolute atomic E-state index is 0.0439. The van der Waals surface area contributed by atoms with Gasteiger partial charge in [0.05, 0.1) is 16.7 Å². The number of allylic oxidation sites excluding steroid dienone is 1. The summed E-state index contributed by atoms with van der Waals surface area (Å²) in [5, 5.41) is 0.814. The first-order chi connectivity index (χ1) is 7.65. The van der Waals surface area contributed by atoms with E-state index in [2.05, 4.69) is 0 Å². The lowest BCUT2D eigenvalue weighted by atomic mass is 10.1. The van der Waals surface area contributed by atoms with E-state index in [-0.39, 0.29) is 12.4 Å². The Bertz CT molecular complexity index is 400. The van der Waals surface area contributed by atoms with Crippen LogP contribution in [0.4, 0.5) is 0 Å². The van der Waals surface area contributed by atoms with Gasteiger partial charge in [0.25, 0.3) is 0 Å². The van der Waals surface area contributed by atoms with Gasteiger partial charge in [0.1, 0.15) is 6.61 Å². The van der Waals surface area contributed by atoms with Crippen LogP contribution in [0.25, 0.3) is 0 Å². The van der Waals surface area contributed by atoms with E-state index in [9.17, 15) is 4.79 Å². The minimum Gasteiger partial charge on any atom is -0.369 e. The molecule has 0 unspecified atom stereocenters. The number of rotatable bonds is 5. The average molecular weight is 259 g/mol. The first-order valence-electron chi connectivity index (χ1n) is 4.82. The molecular weight excluding hydrogens is 247 g/mol. The molecule has 0 radical (unpaired) electrons. The molecule has 16 heavy (non-hydrogen) atoms. The van der Waals surface area contributed by atoms with Gasteiger partial charge in [0.2, 0.25) is 0 Å². The molecule has 0 aliphatic heterocycles. The Morgan fingerprint density at radius 1 is 1.38 bits per heavy atom. The topological polar surface area (TPSA) is 26.3 Å². The summed E-state index contributed by atoms with van der Waals surface area (Å²) in [5.41, 5.74) is 0.509. The Labute approximate surface area is 105 Å². The highest BCUT2D eigenvalue weighted by atomic mass is 35.5. The van der Waals surface area contributed by atoms with Crippen LogP contribution in [-0.4, -0.2) is 19.0 Å². The average Bonchev–Trinajstić information content (AvgIpc) is 2.28. The van der Waals surface area contributed by atoms with Gasteiger partial charge in [-0.1, -0.05) is 35.4 Å². The number of ketones is 1. The van der Waals surface area contributed by atoms with Crippen LogP contribution in [0.5, 0.6) is 0 Å². The van der Waals surface area contributed by atoms with Crippen molar-refractivity contribution in [3.8, 4) is 0 Å². The number of benzene rings is 1. The van der Waals surface area contributed by atoms with Crippen molar-refractivity contribution >= 4 is 29.0 Å². The van der Waals surface area contributed by atoms with Crippen LogP contribution in [0.3, 0.4) is 0 Å². The highest BCUT2D eigenvalue weighted by molar-refractivity contribution is 6.42. The minimum atomic E-state index is -0.108. The van der Waals surface area contributed by atoms with Crippen molar-refractivity contribution in [3.63, 3.8) is 0 Å². The molecule has 0 amide bonds. The lowest BCUT2D eigenvalue weighted by Crippen LogP contribution is -2.09. The van der Waals surface area contributed by atoms with Gasteiger partial charge < -0.3 is 4.74 Å². The second-order valence-electron chi connectivity index (χ2n) is 3.14. The molecule has 4 heteroatoms. The Balaban J connectivity index is 2.56. The molecule has 0 N–H and O–H groups in total. The third kappa shape index (κ3) is 3.97. The van der Waals surface area contributed by atoms with Crippen LogP contribution in [0, 0.1) is 0 Å². The molecule has 0 aliphatic rings. The molecule has 1 rings (SSSR count). The molecule has 0 spiro atoms. The van der Waals surface area contributed by atoms with Gasteiger partial charge in [-0.15, -0.1) is 0 Å². The van der Waals surface area contributed by atoms with Crippen molar-refractivity contribution in [1.29, 1.82) is 0 Å². The molecule has 1 aromatic rings. The number of Topliss-reactive ketones (excluding diaryl/α,β-unsaturated/α-hetero) is 1. The van der Waals surface area contributed by atoms with Crippen LogP contribution in [-0.2, 0) is 4.74 Å². The SMILES string of the molecule is CC=CCOCC(=O)c1ccc(Cl)c(Cl)c1. The van der Waals surface area contributed by atoms with E-state index in [1.807, 2.05) is 19.1 Å². The fraction of sp³-hybridized carbons (Fsp3) is 0.250. The van der Waals surface area contributed by atoms with Gasteiger partial charge in [-0.3, -0.25) is 4.79 Å². The zero-order valence-corrected chi connectivity index (χ0v) is 10.4. The smallest absolute Gasteiger partial charge is 0.188 e. The van der Waals surface area contributed by atoms with Crippen molar-refractivity contribution in [2.75, 3.05) is 13.2 Å². The van der Waals surface area contributed by atoms with E-state index in [1.54, 1.807) is 18.2 Å². The molecular formula is C12H12Cl2O2. The van der Waals surface area contributed by atoms with Gasteiger partial charge in [0, 0.05) is 5.56 Å². The summed E-state index contributed by atoms with van der Waals surface area (Å²) in [6.45, 7) is 2.37. The molecule has 0 fully saturated rings.